The van der Waals surface area contributed by atoms with E-state index >= 15 is 0 Å². The van der Waals surface area contributed by atoms with Crippen LogP contribution in [0, 0.1) is 0 Å². The fourth-order valence-electron chi connectivity index (χ4n) is 2.99. The summed E-state index contributed by atoms with van der Waals surface area (Å²) in [4.78, 5) is 14.4. The average Bonchev–Trinajstić information content (AvgIpc) is 2.54. The van der Waals surface area contributed by atoms with Gasteiger partial charge < -0.3 is 20.7 Å². The Morgan fingerprint density at radius 2 is 2.17 bits per heavy atom. The number of carbonyl (C=O) groups is 1. The van der Waals surface area contributed by atoms with Crippen LogP contribution in [-0.4, -0.2) is 32.1 Å². The van der Waals surface area contributed by atoms with Crippen LogP contribution in [0.2, 0.25) is 5.02 Å². The SMILES string of the molecule is COc1ccc(NC(=O)CN2CC(N)Cc3ccccc32)cc1Cl. The third kappa shape index (κ3) is 3.63. The van der Waals surface area contributed by atoms with Crippen LogP contribution < -0.4 is 20.7 Å². The maximum atomic E-state index is 12.4. The van der Waals surface area contributed by atoms with Crippen molar-refractivity contribution < 1.29 is 9.53 Å². The molecule has 0 radical (unpaired) electrons. The molecule has 0 spiro atoms. The highest BCUT2D eigenvalue weighted by atomic mass is 35.5. The van der Waals surface area contributed by atoms with Crippen molar-refractivity contribution in [2.45, 2.75) is 12.5 Å². The first kappa shape index (κ1) is 16.6. The highest BCUT2D eigenvalue weighted by Crippen LogP contribution is 2.28. The van der Waals surface area contributed by atoms with E-state index in [1.54, 1.807) is 25.3 Å². The Morgan fingerprint density at radius 3 is 2.92 bits per heavy atom. The Hall–Kier alpha value is -2.24. The minimum absolute atomic E-state index is 0.0307. The van der Waals surface area contributed by atoms with Crippen molar-refractivity contribution in [3.05, 3.63) is 53.1 Å². The molecule has 0 saturated carbocycles. The number of rotatable bonds is 4. The summed E-state index contributed by atoms with van der Waals surface area (Å²) in [6.07, 6.45) is 0.836. The first-order chi connectivity index (χ1) is 11.6. The molecule has 1 unspecified atom stereocenters. The Labute approximate surface area is 146 Å². The maximum Gasteiger partial charge on any atom is 0.243 e. The second-order valence-electron chi connectivity index (χ2n) is 5.87. The normalized spacial score (nSPS) is 16.5. The number of benzene rings is 2. The van der Waals surface area contributed by atoms with E-state index in [4.69, 9.17) is 22.1 Å². The monoisotopic (exact) mass is 345 g/mol. The van der Waals surface area contributed by atoms with Gasteiger partial charge in [0.15, 0.2) is 0 Å². The van der Waals surface area contributed by atoms with Crippen molar-refractivity contribution in [3.8, 4) is 5.75 Å². The van der Waals surface area contributed by atoms with Gasteiger partial charge in [0.05, 0.1) is 18.7 Å². The van der Waals surface area contributed by atoms with Crippen LogP contribution in [0.25, 0.3) is 0 Å². The summed E-state index contributed by atoms with van der Waals surface area (Å²) in [5.41, 5.74) is 9.00. The first-order valence-electron chi connectivity index (χ1n) is 7.78. The van der Waals surface area contributed by atoms with E-state index in [0.29, 0.717) is 23.0 Å². The summed E-state index contributed by atoms with van der Waals surface area (Å²) < 4.78 is 5.11. The number of methoxy groups -OCH3 is 1. The number of ether oxygens (including phenoxy) is 1. The summed E-state index contributed by atoms with van der Waals surface area (Å²) in [6.45, 7) is 0.905. The van der Waals surface area contributed by atoms with Gasteiger partial charge in [-0.05, 0) is 36.2 Å². The van der Waals surface area contributed by atoms with Crippen molar-refractivity contribution >= 4 is 28.9 Å². The third-order valence-electron chi connectivity index (χ3n) is 4.04. The lowest BCUT2D eigenvalue weighted by atomic mass is 9.98. The molecule has 1 heterocycles. The predicted molar refractivity (Wildman–Crippen MR) is 97.0 cm³/mol. The average molecular weight is 346 g/mol. The molecule has 3 rings (SSSR count). The van der Waals surface area contributed by atoms with Crippen LogP contribution in [-0.2, 0) is 11.2 Å². The van der Waals surface area contributed by atoms with Gasteiger partial charge >= 0.3 is 0 Å². The standard InChI is InChI=1S/C18H20ClN3O2/c1-24-17-7-6-14(9-15(17)19)21-18(23)11-22-10-13(20)8-12-4-2-3-5-16(12)22/h2-7,9,13H,8,10-11,20H2,1H3,(H,21,23). The molecule has 0 aromatic heterocycles. The lowest BCUT2D eigenvalue weighted by Gasteiger charge is -2.34. The fraction of sp³-hybridized carbons (Fsp3) is 0.278. The van der Waals surface area contributed by atoms with Gasteiger partial charge in [0.2, 0.25) is 5.91 Å². The van der Waals surface area contributed by atoms with Gasteiger partial charge in [-0.3, -0.25) is 4.79 Å². The van der Waals surface area contributed by atoms with Gasteiger partial charge in [0.25, 0.3) is 0 Å². The topological polar surface area (TPSA) is 67.6 Å². The first-order valence-corrected chi connectivity index (χ1v) is 8.16. The Kier molecular flexibility index (Phi) is 4.92. The van der Waals surface area contributed by atoms with E-state index in [2.05, 4.69) is 11.4 Å². The van der Waals surface area contributed by atoms with Gasteiger partial charge in [-0.1, -0.05) is 29.8 Å². The molecule has 0 bridgehead atoms. The lowest BCUT2D eigenvalue weighted by Crippen LogP contribution is -2.46. The van der Waals surface area contributed by atoms with Gasteiger partial charge in [-0.2, -0.15) is 0 Å². The molecule has 2 aromatic carbocycles. The zero-order valence-corrected chi connectivity index (χ0v) is 14.2. The minimum Gasteiger partial charge on any atom is -0.495 e. The fourth-order valence-corrected chi connectivity index (χ4v) is 3.25. The molecule has 24 heavy (non-hydrogen) atoms. The van der Waals surface area contributed by atoms with Crippen molar-refractivity contribution in [1.29, 1.82) is 0 Å². The summed E-state index contributed by atoms with van der Waals surface area (Å²) in [5, 5.41) is 3.32. The maximum absolute atomic E-state index is 12.4. The van der Waals surface area contributed by atoms with E-state index < -0.39 is 0 Å². The molecule has 1 aliphatic heterocycles. The Balaban J connectivity index is 1.70. The minimum atomic E-state index is -0.111. The summed E-state index contributed by atoms with van der Waals surface area (Å²) in [6, 6.07) is 13.2. The number of para-hydroxylation sites is 1. The van der Waals surface area contributed by atoms with Crippen molar-refractivity contribution in [3.63, 3.8) is 0 Å². The van der Waals surface area contributed by atoms with Crippen molar-refractivity contribution in [2.24, 2.45) is 5.73 Å². The zero-order chi connectivity index (χ0) is 17.1. The molecule has 126 valence electrons. The molecular formula is C18H20ClN3O2. The molecule has 1 aliphatic rings. The second kappa shape index (κ2) is 7.11. The van der Waals surface area contributed by atoms with E-state index in [-0.39, 0.29) is 18.5 Å². The van der Waals surface area contributed by atoms with Gasteiger partial charge in [-0.25, -0.2) is 0 Å². The molecule has 0 saturated heterocycles. The van der Waals surface area contributed by atoms with Gasteiger partial charge in [0.1, 0.15) is 5.75 Å². The van der Waals surface area contributed by atoms with Gasteiger partial charge in [-0.15, -0.1) is 0 Å². The Bertz CT molecular complexity index is 751. The predicted octanol–water partition coefficient (Wildman–Crippen LogP) is 2.68. The molecule has 0 fully saturated rings. The van der Waals surface area contributed by atoms with Gasteiger partial charge in [0, 0.05) is 24.0 Å². The van der Waals surface area contributed by atoms with Crippen LogP contribution in [0.15, 0.2) is 42.5 Å². The van der Waals surface area contributed by atoms with E-state index in [1.807, 2.05) is 23.1 Å². The summed E-state index contributed by atoms with van der Waals surface area (Å²) in [7, 11) is 1.55. The number of anilines is 2. The van der Waals surface area contributed by atoms with Crippen molar-refractivity contribution in [2.75, 3.05) is 30.4 Å². The number of fused-ring (bicyclic) bond motifs is 1. The zero-order valence-electron chi connectivity index (χ0n) is 13.5. The van der Waals surface area contributed by atoms with E-state index in [1.165, 1.54) is 5.56 Å². The van der Waals surface area contributed by atoms with E-state index in [9.17, 15) is 4.79 Å². The number of hydrogen-bond acceptors (Lipinski definition) is 4. The van der Waals surface area contributed by atoms with Crippen LogP contribution >= 0.6 is 11.6 Å². The molecule has 5 nitrogen and oxygen atoms in total. The molecule has 1 atom stereocenters. The lowest BCUT2D eigenvalue weighted by molar-refractivity contribution is -0.115. The van der Waals surface area contributed by atoms with Crippen LogP contribution in [0.5, 0.6) is 5.75 Å². The number of nitrogens with zero attached hydrogens (tertiary/aromatic N) is 1. The number of carbonyl (C=O) groups excluding carboxylic acids is 1. The number of nitrogens with two attached hydrogens (primary N) is 1. The molecule has 1 amide bonds. The van der Waals surface area contributed by atoms with Crippen LogP contribution in [0.4, 0.5) is 11.4 Å². The molecule has 2 aromatic rings. The highest BCUT2D eigenvalue weighted by molar-refractivity contribution is 6.32. The number of hydrogen-bond donors (Lipinski definition) is 2. The largest absolute Gasteiger partial charge is 0.495 e. The second-order valence-corrected chi connectivity index (χ2v) is 6.28. The molecule has 0 aliphatic carbocycles. The Morgan fingerprint density at radius 1 is 1.38 bits per heavy atom. The highest BCUT2D eigenvalue weighted by Gasteiger charge is 2.23. The number of halogens is 1. The number of amides is 1. The van der Waals surface area contributed by atoms with E-state index in [0.717, 1.165) is 12.1 Å². The van der Waals surface area contributed by atoms with Crippen LogP contribution in [0.3, 0.4) is 0 Å². The molecular weight excluding hydrogens is 326 g/mol. The summed E-state index contributed by atoms with van der Waals surface area (Å²) in [5.74, 6) is 0.464. The summed E-state index contributed by atoms with van der Waals surface area (Å²) >= 11 is 6.09. The quantitative estimate of drug-likeness (QED) is 0.894. The van der Waals surface area contributed by atoms with Crippen LogP contribution in [0.1, 0.15) is 5.56 Å². The molecule has 3 N–H and O–H groups in total. The molecule has 6 heteroatoms. The smallest absolute Gasteiger partial charge is 0.243 e. The number of nitrogens with one attached hydrogen (secondary N) is 1. The van der Waals surface area contributed by atoms with Crippen molar-refractivity contribution in [1.82, 2.24) is 0 Å². The third-order valence-corrected chi connectivity index (χ3v) is 4.33.